The topological polar surface area (TPSA) is 40.6 Å². The molecule has 0 aromatic heterocycles. The summed E-state index contributed by atoms with van der Waals surface area (Å²) in [6, 6.07) is 0. The van der Waals surface area contributed by atoms with Crippen molar-refractivity contribution < 1.29 is 9.59 Å². The van der Waals surface area contributed by atoms with Crippen molar-refractivity contribution in [2.45, 2.75) is 155 Å². The molecule has 0 aliphatic heterocycles. The van der Waals surface area contributed by atoms with Crippen LogP contribution in [0.4, 0.5) is 0 Å². The zero-order valence-corrected chi connectivity index (χ0v) is 25.0. The molecule has 0 rings (SSSR count). The minimum atomic E-state index is -0.250. The highest BCUT2D eigenvalue weighted by Gasteiger charge is 2.30. The molecule has 0 atom stereocenters. The van der Waals surface area contributed by atoms with Crippen LogP contribution in [0.15, 0.2) is 25.3 Å². The zero-order valence-electron chi connectivity index (χ0n) is 25.0. The fraction of sp³-hybridized carbons (Fsp3) is 0.812. The van der Waals surface area contributed by atoms with Crippen LogP contribution in [0.25, 0.3) is 0 Å². The highest BCUT2D eigenvalue weighted by Crippen LogP contribution is 2.21. The van der Waals surface area contributed by atoms with Gasteiger partial charge in [0.1, 0.15) is 0 Å². The monoisotopic (exact) mass is 504 g/mol. The average molecular weight is 505 g/mol. The Hall–Kier alpha value is -1.58. The smallest absolute Gasteiger partial charge is 0.223 e. The van der Waals surface area contributed by atoms with Gasteiger partial charge >= 0.3 is 0 Å². The number of unbranched alkanes of at least 4 members (excludes halogenated alkanes) is 12. The molecular formula is C32H60N2O2. The lowest BCUT2D eigenvalue weighted by atomic mass is 10.0. The molecule has 4 heteroatoms. The molecule has 0 aliphatic rings. The van der Waals surface area contributed by atoms with E-state index in [1.165, 1.54) is 51.4 Å². The van der Waals surface area contributed by atoms with Crippen LogP contribution in [0.1, 0.15) is 144 Å². The first kappa shape index (κ1) is 34.4. The maximum atomic E-state index is 13.1. The van der Waals surface area contributed by atoms with Gasteiger partial charge in [0.25, 0.3) is 0 Å². The van der Waals surface area contributed by atoms with E-state index in [0.29, 0.717) is 25.9 Å². The number of amides is 2. The Bertz CT molecular complexity index is 559. The van der Waals surface area contributed by atoms with Crippen LogP contribution in [-0.4, -0.2) is 45.8 Å². The molecular weight excluding hydrogens is 444 g/mol. The standard InChI is InChI=1S/C32H60N2O2/c1-9-11-13-15-17-19-21-23-25-29(35)33(31(3,4)5)27-28-34(32(6,7)8)30(36)26-24-22-20-18-16-14-12-10-2/h9-10H,1-2,11-28H2,3-8H3. The molecule has 0 saturated carbocycles. The Morgan fingerprint density at radius 2 is 0.806 bits per heavy atom. The number of rotatable bonds is 21. The van der Waals surface area contributed by atoms with E-state index in [4.69, 9.17) is 0 Å². The first-order chi connectivity index (χ1) is 16.9. The number of carbonyl (C=O) groups is 2. The second kappa shape index (κ2) is 19.5. The number of nitrogens with zero attached hydrogens (tertiary/aromatic N) is 2. The van der Waals surface area contributed by atoms with Gasteiger partial charge in [-0.05, 0) is 80.1 Å². The summed E-state index contributed by atoms with van der Waals surface area (Å²) in [5.41, 5.74) is -0.500. The van der Waals surface area contributed by atoms with E-state index < -0.39 is 0 Å². The Morgan fingerprint density at radius 1 is 0.528 bits per heavy atom. The van der Waals surface area contributed by atoms with Crippen LogP contribution in [0.5, 0.6) is 0 Å². The van der Waals surface area contributed by atoms with Gasteiger partial charge in [0, 0.05) is 37.0 Å². The van der Waals surface area contributed by atoms with Gasteiger partial charge in [-0.2, -0.15) is 0 Å². The average Bonchev–Trinajstić information content (AvgIpc) is 2.78. The van der Waals surface area contributed by atoms with E-state index in [1.54, 1.807) is 0 Å². The molecule has 0 aromatic rings. The van der Waals surface area contributed by atoms with Crippen LogP contribution < -0.4 is 0 Å². The van der Waals surface area contributed by atoms with Gasteiger partial charge in [0.2, 0.25) is 11.8 Å². The Morgan fingerprint density at radius 3 is 1.08 bits per heavy atom. The van der Waals surface area contributed by atoms with Crippen LogP contribution >= 0.6 is 0 Å². The Balaban J connectivity index is 4.64. The first-order valence-electron chi connectivity index (χ1n) is 14.8. The van der Waals surface area contributed by atoms with E-state index in [0.717, 1.165) is 38.5 Å². The summed E-state index contributed by atoms with van der Waals surface area (Å²) in [5.74, 6) is 0.429. The quantitative estimate of drug-likeness (QED) is 0.116. The van der Waals surface area contributed by atoms with Crippen LogP contribution in [-0.2, 0) is 9.59 Å². The molecule has 0 spiro atoms. The summed E-state index contributed by atoms with van der Waals surface area (Å²) in [5, 5.41) is 0. The van der Waals surface area contributed by atoms with Gasteiger partial charge in [0.15, 0.2) is 0 Å². The van der Waals surface area contributed by atoms with Gasteiger partial charge in [-0.25, -0.2) is 0 Å². The highest BCUT2D eigenvalue weighted by atomic mass is 16.2. The van der Waals surface area contributed by atoms with E-state index >= 15 is 0 Å². The fourth-order valence-corrected chi connectivity index (χ4v) is 4.68. The van der Waals surface area contributed by atoms with Crippen LogP contribution in [0.3, 0.4) is 0 Å². The summed E-state index contributed by atoms with van der Waals surface area (Å²) in [7, 11) is 0. The fourth-order valence-electron chi connectivity index (χ4n) is 4.68. The normalized spacial score (nSPS) is 11.8. The van der Waals surface area contributed by atoms with Gasteiger partial charge in [-0.3, -0.25) is 9.59 Å². The van der Waals surface area contributed by atoms with Gasteiger partial charge in [0.05, 0.1) is 0 Å². The number of allylic oxidation sites excluding steroid dienone is 2. The number of hydrogen-bond acceptors (Lipinski definition) is 2. The molecule has 0 bridgehead atoms. The lowest BCUT2D eigenvalue weighted by Gasteiger charge is -2.41. The SMILES string of the molecule is C=CCCCCCCCCC(=O)N(CCN(C(=O)CCCCCCCCC=C)C(C)(C)C)C(C)(C)C. The predicted octanol–water partition coefficient (Wildman–Crippen LogP) is 8.85. The van der Waals surface area contributed by atoms with Crippen molar-refractivity contribution in [1.29, 1.82) is 0 Å². The minimum Gasteiger partial charge on any atom is -0.336 e. The molecule has 0 saturated heterocycles. The van der Waals surface area contributed by atoms with Crippen molar-refractivity contribution >= 4 is 11.8 Å². The molecule has 0 aromatic carbocycles. The molecule has 210 valence electrons. The molecule has 0 fully saturated rings. The summed E-state index contributed by atoms with van der Waals surface area (Å²) in [6.45, 7) is 21.3. The summed E-state index contributed by atoms with van der Waals surface area (Å²) in [6.07, 6.45) is 21.3. The molecule has 2 amide bonds. The Labute approximate surface area is 225 Å². The van der Waals surface area contributed by atoms with Gasteiger partial charge < -0.3 is 9.80 Å². The third-order valence-electron chi connectivity index (χ3n) is 6.87. The van der Waals surface area contributed by atoms with Gasteiger partial charge in [-0.15, -0.1) is 13.2 Å². The summed E-state index contributed by atoms with van der Waals surface area (Å²) in [4.78, 5) is 30.3. The molecule has 0 aliphatic carbocycles. The Kier molecular flexibility index (Phi) is 18.7. The summed E-state index contributed by atoms with van der Waals surface area (Å²) >= 11 is 0. The zero-order chi connectivity index (χ0) is 27.5. The molecule has 0 heterocycles. The second-order valence-corrected chi connectivity index (χ2v) is 12.3. The van der Waals surface area contributed by atoms with Crippen molar-refractivity contribution in [3.05, 3.63) is 25.3 Å². The third-order valence-corrected chi connectivity index (χ3v) is 6.87. The van der Waals surface area contributed by atoms with Crippen LogP contribution in [0, 0.1) is 0 Å². The maximum Gasteiger partial charge on any atom is 0.223 e. The second-order valence-electron chi connectivity index (χ2n) is 12.3. The van der Waals surface area contributed by atoms with Crippen LogP contribution in [0.2, 0.25) is 0 Å². The summed E-state index contributed by atoms with van der Waals surface area (Å²) < 4.78 is 0. The van der Waals surface area contributed by atoms with E-state index in [2.05, 4.69) is 54.7 Å². The lowest BCUT2D eigenvalue weighted by Crippen LogP contribution is -2.53. The highest BCUT2D eigenvalue weighted by molar-refractivity contribution is 5.78. The van der Waals surface area contributed by atoms with Crippen molar-refractivity contribution in [2.24, 2.45) is 0 Å². The molecule has 0 unspecified atom stereocenters. The van der Waals surface area contributed by atoms with Gasteiger partial charge in [-0.1, -0.05) is 63.5 Å². The van der Waals surface area contributed by atoms with E-state index in [9.17, 15) is 9.59 Å². The van der Waals surface area contributed by atoms with Crippen molar-refractivity contribution in [2.75, 3.05) is 13.1 Å². The van der Waals surface area contributed by atoms with Crippen molar-refractivity contribution in [3.63, 3.8) is 0 Å². The molecule has 0 radical (unpaired) electrons. The lowest BCUT2D eigenvalue weighted by molar-refractivity contribution is -0.141. The largest absolute Gasteiger partial charge is 0.336 e. The first-order valence-corrected chi connectivity index (χ1v) is 14.8. The minimum absolute atomic E-state index is 0.215. The number of carbonyl (C=O) groups excluding carboxylic acids is 2. The third kappa shape index (κ3) is 17.0. The van der Waals surface area contributed by atoms with E-state index in [-0.39, 0.29) is 22.9 Å². The molecule has 0 N–H and O–H groups in total. The maximum absolute atomic E-state index is 13.1. The molecule has 4 nitrogen and oxygen atoms in total. The van der Waals surface area contributed by atoms with E-state index in [1.807, 2.05) is 22.0 Å². The van der Waals surface area contributed by atoms with Crippen molar-refractivity contribution in [3.8, 4) is 0 Å². The predicted molar refractivity (Wildman–Crippen MR) is 157 cm³/mol. The number of hydrogen-bond donors (Lipinski definition) is 0. The molecule has 36 heavy (non-hydrogen) atoms. The van der Waals surface area contributed by atoms with Crippen molar-refractivity contribution in [1.82, 2.24) is 9.80 Å².